The first-order chi connectivity index (χ1) is 14.1. The van der Waals surface area contributed by atoms with Crippen LogP contribution in [-0.4, -0.2) is 28.6 Å². The Morgan fingerprint density at radius 2 is 1.69 bits per heavy atom. The van der Waals surface area contributed by atoms with E-state index in [0.717, 1.165) is 5.69 Å². The number of carbonyl (C=O) groups is 2. The van der Waals surface area contributed by atoms with Crippen molar-refractivity contribution in [1.82, 2.24) is 9.97 Å². The van der Waals surface area contributed by atoms with Gasteiger partial charge in [0.15, 0.2) is 11.5 Å². The third-order valence-corrected chi connectivity index (χ3v) is 3.99. The Kier molecular flexibility index (Phi) is 4.93. The molecule has 9 nitrogen and oxygen atoms in total. The number of amides is 2. The predicted molar refractivity (Wildman–Crippen MR) is 107 cm³/mol. The molecular formula is C20H17N5O4. The highest BCUT2D eigenvalue weighted by Gasteiger charge is 2.14. The second-order valence-electron chi connectivity index (χ2n) is 6.20. The third kappa shape index (κ3) is 4.41. The molecule has 3 aromatic rings. The Bertz CT molecular complexity index is 1090. The van der Waals surface area contributed by atoms with E-state index in [4.69, 9.17) is 9.47 Å². The molecule has 1 aliphatic heterocycles. The van der Waals surface area contributed by atoms with Gasteiger partial charge in [-0.15, -0.1) is 0 Å². The maximum absolute atomic E-state index is 12.6. The van der Waals surface area contributed by atoms with Gasteiger partial charge in [-0.2, -0.15) is 0 Å². The molecule has 1 aromatic heterocycles. The smallest absolute Gasteiger partial charge is 0.274 e. The maximum Gasteiger partial charge on any atom is 0.274 e. The van der Waals surface area contributed by atoms with E-state index in [0.29, 0.717) is 28.7 Å². The molecule has 29 heavy (non-hydrogen) atoms. The van der Waals surface area contributed by atoms with E-state index in [1.807, 2.05) is 6.07 Å². The van der Waals surface area contributed by atoms with Crippen LogP contribution in [-0.2, 0) is 4.79 Å². The highest BCUT2D eigenvalue weighted by atomic mass is 16.7. The zero-order chi connectivity index (χ0) is 20.2. The number of hydrogen-bond donors (Lipinski definition) is 3. The van der Waals surface area contributed by atoms with Crippen molar-refractivity contribution in [3.05, 3.63) is 60.6 Å². The summed E-state index contributed by atoms with van der Waals surface area (Å²) in [6.07, 6.45) is 1.30. The predicted octanol–water partition coefficient (Wildman–Crippen LogP) is 3.16. The quantitative estimate of drug-likeness (QED) is 0.612. The van der Waals surface area contributed by atoms with Crippen LogP contribution < -0.4 is 25.4 Å². The highest BCUT2D eigenvalue weighted by Crippen LogP contribution is 2.34. The van der Waals surface area contributed by atoms with Gasteiger partial charge in [0.2, 0.25) is 12.7 Å². The lowest BCUT2D eigenvalue weighted by Gasteiger charge is -2.09. The molecule has 2 aromatic carbocycles. The lowest BCUT2D eigenvalue weighted by Crippen LogP contribution is -2.14. The highest BCUT2D eigenvalue weighted by molar-refractivity contribution is 6.03. The minimum Gasteiger partial charge on any atom is -0.454 e. The number of hydrogen-bond acceptors (Lipinski definition) is 7. The van der Waals surface area contributed by atoms with Crippen LogP contribution in [0.3, 0.4) is 0 Å². The van der Waals surface area contributed by atoms with E-state index in [9.17, 15) is 9.59 Å². The molecule has 0 atom stereocenters. The summed E-state index contributed by atoms with van der Waals surface area (Å²) in [5.74, 6) is 1.18. The second-order valence-corrected chi connectivity index (χ2v) is 6.20. The average Bonchev–Trinajstić information content (AvgIpc) is 3.16. The maximum atomic E-state index is 12.6. The summed E-state index contributed by atoms with van der Waals surface area (Å²) >= 11 is 0. The molecular weight excluding hydrogens is 374 g/mol. The van der Waals surface area contributed by atoms with Gasteiger partial charge in [-0.05, 0) is 30.3 Å². The van der Waals surface area contributed by atoms with Gasteiger partial charge in [0, 0.05) is 36.1 Å². The Hall–Kier alpha value is -4.14. The van der Waals surface area contributed by atoms with E-state index in [-0.39, 0.29) is 18.4 Å². The first kappa shape index (κ1) is 18.2. The molecule has 2 heterocycles. The molecule has 4 rings (SSSR count). The Morgan fingerprint density at radius 3 is 2.52 bits per heavy atom. The molecule has 0 radical (unpaired) electrons. The van der Waals surface area contributed by atoms with Crippen LogP contribution in [0.1, 0.15) is 17.4 Å². The van der Waals surface area contributed by atoms with Crippen molar-refractivity contribution in [3.63, 3.8) is 0 Å². The van der Waals surface area contributed by atoms with Crippen molar-refractivity contribution in [3.8, 4) is 11.5 Å². The third-order valence-electron chi connectivity index (χ3n) is 3.99. The van der Waals surface area contributed by atoms with E-state index in [1.54, 1.807) is 36.4 Å². The summed E-state index contributed by atoms with van der Waals surface area (Å²) in [5.41, 5.74) is 2.05. The van der Waals surface area contributed by atoms with E-state index >= 15 is 0 Å². The minimum atomic E-state index is -0.402. The fraction of sp³-hybridized carbons (Fsp3) is 0.100. The lowest BCUT2D eigenvalue weighted by molar-refractivity contribution is -0.114. The monoisotopic (exact) mass is 391 g/mol. The fourth-order valence-corrected chi connectivity index (χ4v) is 2.75. The Labute approximate surface area is 166 Å². The van der Waals surface area contributed by atoms with Gasteiger partial charge >= 0.3 is 0 Å². The Balaban J connectivity index is 1.47. The summed E-state index contributed by atoms with van der Waals surface area (Å²) in [6.45, 7) is 1.61. The zero-order valence-corrected chi connectivity index (χ0v) is 15.4. The molecule has 0 spiro atoms. The number of nitrogens with zero attached hydrogens (tertiary/aromatic N) is 2. The number of ether oxygens (including phenoxy) is 2. The molecule has 3 N–H and O–H groups in total. The van der Waals surface area contributed by atoms with Gasteiger partial charge in [-0.3, -0.25) is 9.59 Å². The summed E-state index contributed by atoms with van der Waals surface area (Å²) in [4.78, 5) is 31.9. The summed E-state index contributed by atoms with van der Waals surface area (Å²) in [7, 11) is 0. The number of carbonyl (C=O) groups excluding carboxylic acids is 2. The fourth-order valence-electron chi connectivity index (χ4n) is 2.75. The molecule has 0 unspecified atom stereocenters. The van der Waals surface area contributed by atoms with Crippen molar-refractivity contribution in [2.24, 2.45) is 0 Å². The number of benzene rings is 2. The van der Waals surface area contributed by atoms with Crippen LogP contribution in [0.5, 0.6) is 11.5 Å². The van der Waals surface area contributed by atoms with Crippen molar-refractivity contribution < 1.29 is 19.1 Å². The SMILES string of the molecule is CC(=O)Nc1cccc(NC(=O)c2cc(Nc3ccc4c(c3)OCO4)ncn2)c1. The van der Waals surface area contributed by atoms with Gasteiger partial charge < -0.3 is 25.4 Å². The number of nitrogens with one attached hydrogen (secondary N) is 3. The molecule has 2 amide bonds. The largest absolute Gasteiger partial charge is 0.454 e. The number of rotatable bonds is 5. The van der Waals surface area contributed by atoms with Crippen molar-refractivity contribution >= 4 is 34.7 Å². The first-order valence-electron chi connectivity index (χ1n) is 8.74. The van der Waals surface area contributed by atoms with Crippen LogP contribution in [0.15, 0.2) is 54.9 Å². The molecule has 146 valence electrons. The minimum absolute atomic E-state index is 0.188. The van der Waals surface area contributed by atoms with E-state index in [2.05, 4.69) is 25.9 Å². The van der Waals surface area contributed by atoms with E-state index in [1.165, 1.54) is 19.3 Å². The van der Waals surface area contributed by atoms with Gasteiger partial charge in [0.05, 0.1) is 0 Å². The van der Waals surface area contributed by atoms with Crippen LogP contribution >= 0.6 is 0 Å². The van der Waals surface area contributed by atoms with Crippen LogP contribution in [0, 0.1) is 0 Å². The van der Waals surface area contributed by atoms with Crippen LogP contribution in [0.2, 0.25) is 0 Å². The van der Waals surface area contributed by atoms with Crippen LogP contribution in [0.4, 0.5) is 22.9 Å². The molecule has 1 aliphatic rings. The van der Waals surface area contributed by atoms with Gasteiger partial charge in [-0.25, -0.2) is 9.97 Å². The summed E-state index contributed by atoms with van der Waals surface area (Å²) < 4.78 is 10.6. The van der Waals surface area contributed by atoms with E-state index < -0.39 is 5.91 Å². The number of fused-ring (bicyclic) bond motifs is 1. The average molecular weight is 391 g/mol. The van der Waals surface area contributed by atoms with Gasteiger partial charge in [-0.1, -0.05) is 6.07 Å². The van der Waals surface area contributed by atoms with Gasteiger partial charge in [0.1, 0.15) is 17.8 Å². The van der Waals surface area contributed by atoms with Crippen molar-refractivity contribution in [2.45, 2.75) is 6.92 Å². The molecule has 0 saturated heterocycles. The standard InChI is InChI=1S/C20H17N5O4/c1-12(26)23-13-3-2-4-14(7-13)25-20(27)16-9-19(22-10-21-16)24-15-5-6-17-18(8-15)29-11-28-17/h2-10H,11H2,1H3,(H,23,26)(H,25,27)(H,21,22,24). The topological polar surface area (TPSA) is 114 Å². The lowest BCUT2D eigenvalue weighted by atomic mass is 10.2. The normalized spacial score (nSPS) is 11.6. The summed E-state index contributed by atoms with van der Waals surface area (Å²) in [6, 6.07) is 13.8. The zero-order valence-electron chi connectivity index (χ0n) is 15.4. The van der Waals surface area contributed by atoms with Crippen molar-refractivity contribution in [1.29, 1.82) is 0 Å². The molecule has 9 heteroatoms. The number of anilines is 4. The molecule has 0 saturated carbocycles. The molecule has 0 bridgehead atoms. The van der Waals surface area contributed by atoms with Crippen LogP contribution in [0.25, 0.3) is 0 Å². The van der Waals surface area contributed by atoms with Gasteiger partial charge in [0.25, 0.3) is 5.91 Å². The first-order valence-corrected chi connectivity index (χ1v) is 8.74. The molecule has 0 aliphatic carbocycles. The summed E-state index contributed by atoms with van der Waals surface area (Å²) in [5, 5.41) is 8.53. The Morgan fingerprint density at radius 1 is 0.897 bits per heavy atom. The second kappa shape index (κ2) is 7.85. The number of aromatic nitrogens is 2. The molecule has 0 fully saturated rings. The van der Waals surface area contributed by atoms with Crippen molar-refractivity contribution in [2.75, 3.05) is 22.7 Å².